The van der Waals surface area contributed by atoms with Crippen molar-refractivity contribution < 1.29 is 4.79 Å². The summed E-state index contributed by atoms with van der Waals surface area (Å²) in [5.41, 5.74) is 0. The van der Waals surface area contributed by atoms with E-state index in [0.717, 1.165) is 24.7 Å². The predicted octanol–water partition coefficient (Wildman–Crippen LogP) is -0.236. The molecule has 1 amide bonds. The Balaban J connectivity index is 1.88. The standard InChI is InChI=1S/C14H26N6O/c1-10-6-20(7-11(2)15-10)14(21)9-18(4)8-13-17-16-12(3)19(13)5/h10-11,15H,6-9H2,1-5H3/t10-,11-/m1/s1. The first-order valence-corrected chi connectivity index (χ1v) is 7.44. The molecular formula is C14H26N6O. The first kappa shape index (κ1) is 15.9. The maximum absolute atomic E-state index is 12.4. The minimum absolute atomic E-state index is 0.177. The summed E-state index contributed by atoms with van der Waals surface area (Å²) in [6.45, 7) is 8.74. The summed E-state index contributed by atoms with van der Waals surface area (Å²) in [5, 5.41) is 11.6. The molecule has 1 aromatic rings. The first-order chi connectivity index (χ1) is 9.86. The zero-order valence-corrected chi connectivity index (χ0v) is 13.6. The lowest BCUT2D eigenvalue weighted by molar-refractivity contribution is -0.134. The Labute approximate surface area is 126 Å². The third-order valence-electron chi connectivity index (χ3n) is 3.91. The van der Waals surface area contributed by atoms with Crippen molar-refractivity contribution in [3.05, 3.63) is 11.6 Å². The monoisotopic (exact) mass is 294 g/mol. The second-order valence-electron chi connectivity index (χ2n) is 6.16. The summed E-state index contributed by atoms with van der Waals surface area (Å²) in [7, 11) is 3.89. The number of hydrogen-bond donors (Lipinski definition) is 1. The van der Waals surface area contributed by atoms with E-state index >= 15 is 0 Å². The molecule has 7 heteroatoms. The Morgan fingerprint density at radius 3 is 2.48 bits per heavy atom. The van der Waals surface area contributed by atoms with Crippen LogP contribution in [0.15, 0.2) is 0 Å². The zero-order chi connectivity index (χ0) is 15.6. The molecular weight excluding hydrogens is 268 g/mol. The van der Waals surface area contributed by atoms with Gasteiger partial charge in [-0.25, -0.2) is 0 Å². The number of aryl methyl sites for hydroxylation is 1. The molecule has 0 aromatic carbocycles. The van der Waals surface area contributed by atoms with Gasteiger partial charge < -0.3 is 14.8 Å². The average Bonchev–Trinajstić information content (AvgIpc) is 2.69. The summed E-state index contributed by atoms with van der Waals surface area (Å²) >= 11 is 0. The van der Waals surface area contributed by atoms with E-state index in [4.69, 9.17) is 0 Å². The second kappa shape index (κ2) is 6.53. The molecule has 1 fully saturated rings. The Morgan fingerprint density at radius 1 is 1.33 bits per heavy atom. The Morgan fingerprint density at radius 2 is 1.95 bits per heavy atom. The van der Waals surface area contributed by atoms with Crippen LogP contribution in [-0.4, -0.2) is 69.2 Å². The van der Waals surface area contributed by atoms with Crippen LogP contribution in [0.25, 0.3) is 0 Å². The minimum atomic E-state index is 0.177. The largest absolute Gasteiger partial charge is 0.338 e. The van der Waals surface area contributed by atoms with E-state index in [0.29, 0.717) is 25.2 Å². The third-order valence-corrected chi connectivity index (χ3v) is 3.91. The van der Waals surface area contributed by atoms with E-state index in [-0.39, 0.29) is 5.91 Å². The Bertz CT molecular complexity index is 490. The predicted molar refractivity (Wildman–Crippen MR) is 80.7 cm³/mol. The Hall–Kier alpha value is -1.47. The van der Waals surface area contributed by atoms with Gasteiger partial charge >= 0.3 is 0 Å². The van der Waals surface area contributed by atoms with Gasteiger partial charge in [-0.2, -0.15) is 0 Å². The van der Waals surface area contributed by atoms with Gasteiger partial charge in [0.05, 0.1) is 13.1 Å². The number of nitrogens with one attached hydrogen (secondary N) is 1. The molecule has 1 N–H and O–H groups in total. The van der Waals surface area contributed by atoms with Crippen LogP contribution in [0.3, 0.4) is 0 Å². The van der Waals surface area contributed by atoms with Crippen LogP contribution in [0.2, 0.25) is 0 Å². The minimum Gasteiger partial charge on any atom is -0.338 e. The lowest BCUT2D eigenvalue weighted by Crippen LogP contribution is -2.57. The SMILES string of the molecule is Cc1nnc(CN(C)CC(=O)N2C[C@@H](C)N[C@H](C)C2)n1C. The maximum Gasteiger partial charge on any atom is 0.236 e. The summed E-state index contributed by atoms with van der Waals surface area (Å²) in [5.74, 6) is 1.94. The molecule has 2 rings (SSSR count). The van der Waals surface area contributed by atoms with Crippen LogP contribution in [0.1, 0.15) is 25.5 Å². The molecule has 1 aliphatic heterocycles. The van der Waals surface area contributed by atoms with Crippen LogP contribution in [0.5, 0.6) is 0 Å². The molecule has 1 aliphatic rings. The van der Waals surface area contributed by atoms with Gasteiger partial charge in [-0.3, -0.25) is 9.69 Å². The Kier molecular flexibility index (Phi) is 4.95. The molecule has 0 radical (unpaired) electrons. The third kappa shape index (κ3) is 4.01. The molecule has 1 saturated heterocycles. The molecule has 0 bridgehead atoms. The van der Waals surface area contributed by atoms with Gasteiger partial charge in [-0.1, -0.05) is 0 Å². The first-order valence-electron chi connectivity index (χ1n) is 7.44. The van der Waals surface area contributed by atoms with Crippen LogP contribution in [0.4, 0.5) is 0 Å². The molecule has 0 saturated carbocycles. The highest BCUT2D eigenvalue weighted by Crippen LogP contribution is 2.06. The van der Waals surface area contributed by atoms with Crippen molar-refractivity contribution in [2.75, 3.05) is 26.7 Å². The highest BCUT2D eigenvalue weighted by Gasteiger charge is 2.25. The molecule has 1 aromatic heterocycles. The van der Waals surface area contributed by atoms with Crippen LogP contribution in [0, 0.1) is 6.92 Å². The fourth-order valence-corrected chi connectivity index (χ4v) is 2.75. The molecule has 0 spiro atoms. The van der Waals surface area contributed by atoms with Crippen molar-refractivity contribution in [2.24, 2.45) is 7.05 Å². The molecule has 2 heterocycles. The topological polar surface area (TPSA) is 66.3 Å². The van der Waals surface area contributed by atoms with Gasteiger partial charge in [0.25, 0.3) is 0 Å². The number of hydrogen-bond acceptors (Lipinski definition) is 5. The van der Waals surface area contributed by atoms with E-state index in [1.54, 1.807) is 0 Å². The van der Waals surface area contributed by atoms with Gasteiger partial charge in [0, 0.05) is 32.2 Å². The average molecular weight is 294 g/mol. The smallest absolute Gasteiger partial charge is 0.236 e. The molecule has 0 aliphatic carbocycles. The molecule has 0 unspecified atom stereocenters. The van der Waals surface area contributed by atoms with Gasteiger partial charge in [0.15, 0.2) is 0 Å². The molecule has 21 heavy (non-hydrogen) atoms. The maximum atomic E-state index is 12.4. The molecule has 2 atom stereocenters. The highest BCUT2D eigenvalue weighted by atomic mass is 16.2. The van der Waals surface area contributed by atoms with E-state index in [2.05, 4.69) is 29.4 Å². The van der Waals surface area contributed by atoms with Crippen molar-refractivity contribution in [2.45, 2.75) is 39.4 Å². The van der Waals surface area contributed by atoms with Crippen molar-refractivity contribution in [3.8, 4) is 0 Å². The summed E-state index contributed by atoms with van der Waals surface area (Å²) in [4.78, 5) is 16.3. The van der Waals surface area contributed by atoms with Crippen molar-refractivity contribution >= 4 is 5.91 Å². The number of rotatable bonds is 4. The lowest BCUT2D eigenvalue weighted by atomic mass is 10.1. The van der Waals surface area contributed by atoms with Crippen LogP contribution in [-0.2, 0) is 18.4 Å². The van der Waals surface area contributed by atoms with E-state index in [1.165, 1.54) is 0 Å². The van der Waals surface area contributed by atoms with Crippen LogP contribution >= 0.6 is 0 Å². The van der Waals surface area contributed by atoms with E-state index < -0.39 is 0 Å². The van der Waals surface area contributed by atoms with Crippen molar-refractivity contribution in [1.29, 1.82) is 0 Å². The quantitative estimate of drug-likeness (QED) is 0.830. The van der Waals surface area contributed by atoms with E-state index in [9.17, 15) is 4.79 Å². The normalized spacial score (nSPS) is 22.9. The fraction of sp³-hybridized carbons (Fsp3) is 0.786. The van der Waals surface area contributed by atoms with Gasteiger partial charge in [0.1, 0.15) is 11.6 Å². The summed E-state index contributed by atoms with van der Waals surface area (Å²) in [6, 6.07) is 0.703. The number of carbonyl (C=O) groups is 1. The highest BCUT2D eigenvalue weighted by molar-refractivity contribution is 5.78. The summed E-state index contributed by atoms with van der Waals surface area (Å²) < 4.78 is 1.95. The van der Waals surface area contributed by atoms with Gasteiger partial charge in [-0.05, 0) is 27.8 Å². The number of nitrogens with zero attached hydrogens (tertiary/aromatic N) is 5. The molecule has 7 nitrogen and oxygen atoms in total. The summed E-state index contributed by atoms with van der Waals surface area (Å²) in [6.07, 6.45) is 0. The van der Waals surface area contributed by atoms with E-state index in [1.807, 2.05) is 35.4 Å². The molecule has 118 valence electrons. The second-order valence-corrected chi connectivity index (χ2v) is 6.16. The number of carbonyl (C=O) groups excluding carboxylic acids is 1. The van der Waals surface area contributed by atoms with Gasteiger partial charge in [0.2, 0.25) is 5.91 Å². The fourth-order valence-electron chi connectivity index (χ4n) is 2.75. The van der Waals surface area contributed by atoms with Crippen molar-refractivity contribution in [1.82, 2.24) is 29.9 Å². The number of aromatic nitrogens is 3. The zero-order valence-electron chi connectivity index (χ0n) is 13.6. The van der Waals surface area contributed by atoms with Crippen LogP contribution < -0.4 is 5.32 Å². The number of amides is 1. The van der Waals surface area contributed by atoms with Crippen molar-refractivity contribution in [3.63, 3.8) is 0 Å². The number of likely N-dealkylation sites (N-methyl/N-ethyl adjacent to an activating group) is 1. The number of piperazine rings is 1. The lowest BCUT2D eigenvalue weighted by Gasteiger charge is -2.36. The van der Waals surface area contributed by atoms with Gasteiger partial charge in [-0.15, -0.1) is 10.2 Å².